The minimum Gasteiger partial charge on any atom is -0.373 e. The first-order valence-corrected chi connectivity index (χ1v) is 7.66. The van der Waals surface area contributed by atoms with Gasteiger partial charge in [-0.1, -0.05) is 32.1 Å². The van der Waals surface area contributed by atoms with Gasteiger partial charge in [0, 0.05) is 29.1 Å². The number of thiazole rings is 1. The first-order valence-electron chi connectivity index (χ1n) is 6.78. The molecule has 114 valence electrons. The molecule has 6 nitrogen and oxygen atoms in total. The fraction of sp³-hybridized carbons (Fsp3) is 0.500. The lowest BCUT2D eigenvalue weighted by Crippen LogP contribution is -2.19. The second-order valence-electron chi connectivity index (χ2n) is 5.90. The third-order valence-electron chi connectivity index (χ3n) is 3.07. The Morgan fingerprint density at radius 3 is 2.48 bits per heavy atom. The maximum atomic E-state index is 11.2. The summed E-state index contributed by atoms with van der Waals surface area (Å²) in [6, 6.07) is 0. The number of H-pyrrole nitrogens is 1. The lowest BCUT2D eigenvalue weighted by molar-refractivity contribution is 0.546. The van der Waals surface area contributed by atoms with E-state index in [9.17, 15) is 4.79 Å². The van der Waals surface area contributed by atoms with E-state index in [0.717, 1.165) is 40.1 Å². The van der Waals surface area contributed by atoms with Crippen LogP contribution >= 0.6 is 11.3 Å². The molecule has 0 aliphatic rings. The number of hydrogen-bond acceptors (Lipinski definition) is 6. The molecule has 0 aromatic carbocycles. The van der Waals surface area contributed by atoms with Crippen molar-refractivity contribution < 1.29 is 0 Å². The van der Waals surface area contributed by atoms with E-state index >= 15 is 0 Å². The first kappa shape index (κ1) is 15.5. The zero-order chi connectivity index (χ0) is 15.6. The molecule has 7 heteroatoms. The highest BCUT2D eigenvalue weighted by molar-refractivity contribution is 7.07. The third-order valence-corrected chi connectivity index (χ3v) is 3.79. The maximum Gasteiger partial charge on any atom is 0.304 e. The Bertz CT molecular complexity index is 683. The molecule has 3 N–H and O–H groups in total. The van der Waals surface area contributed by atoms with Crippen LogP contribution < -0.4 is 15.5 Å². The molecule has 0 spiro atoms. The van der Waals surface area contributed by atoms with Gasteiger partial charge in [-0.05, 0) is 6.92 Å². The number of aromatic amines is 1. The standard InChI is InChI=1S/C14H21N5OS/c1-8-10(15-5)18-12(14(2,3)4)19-11(8)16-6-9-7-21-13(20)17-9/h7H,6H2,1-5H3,(H,17,20)(H2,15,16,18,19). The lowest BCUT2D eigenvalue weighted by Gasteiger charge is -2.20. The van der Waals surface area contributed by atoms with Gasteiger partial charge in [0.2, 0.25) is 0 Å². The number of rotatable bonds is 4. The van der Waals surface area contributed by atoms with Crippen LogP contribution in [0.2, 0.25) is 0 Å². The first-order chi connectivity index (χ1) is 9.81. The van der Waals surface area contributed by atoms with E-state index in [1.165, 1.54) is 0 Å². The molecule has 0 bridgehead atoms. The largest absolute Gasteiger partial charge is 0.373 e. The zero-order valence-electron chi connectivity index (χ0n) is 13.0. The smallest absolute Gasteiger partial charge is 0.304 e. The van der Waals surface area contributed by atoms with Crippen molar-refractivity contribution in [3.05, 3.63) is 32.1 Å². The van der Waals surface area contributed by atoms with Crippen molar-refractivity contribution in [2.45, 2.75) is 39.7 Å². The van der Waals surface area contributed by atoms with Gasteiger partial charge in [0.1, 0.15) is 17.5 Å². The van der Waals surface area contributed by atoms with E-state index in [0.29, 0.717) is 6.54 Å². The quantitative estimate of drug-likeness (QED) is 0.808. The highest BCUT2D eigenvalue weighted by atomic mass is 32.1. The predicted molar refractivity (Wildman–Crippen MR) is 87.3 cm³/mol. The fourth-order valence-electron chi connectivity index (χ4n) is 1.85. The molecular formula is C14H21N5OS. The average molecular weight is 307 g/mol. The molecule has 0 aliphatic carbocycles. The predicted octanol–water partition coefficient (Wildman–Crippen LogP) is 2.49. The van der Waals surface area contributed by atoms with E-state index in [4.69, 9.17) is 0 Å². The lowest BCUT2D eigenvalue weighted by atomic mass is 9.95. The molecule has 21 heavy (non-hydrogen) atoms. The van der Waals surface area contributed by atoms with Crippen molar-refractivity contribution in [2.24, 2.45) is 0 Å². The second kappa shape index (κ2) is 5.85. The van der Waals surface area contributed by atoms with Gasteiger partial charge in [0.05, 0.1) is 6.54 Å². The van der Waals surface area contributed by atoms with Gasteiger partial charge in [-0.25, -0.2) is 9.97 Å². The Labute approximate surface area is 128 Å². The van der Waals surface area contributed by atoms with Crippen LogP contribution in [-0.2, 0) is 12.0 Å². The minimum atomic E-state index is -0.133. The van der Waals surface area contributed by atoms with Gasteiger partial charge in [0.25, 0.3) is 0 Å². The van der Waals surface area contributed by atoms with Crippen molar-refractivity contribution in [1.82, 2.24) is 15.0 Å². The Kier molecular flexibility index (Phi) is 4.32. The van der Waals surface area contributed by atoms with Crippen LogP contribution in [0.5, 0.6) is 0 Å². The van der Waals surface area contributed by atoms with Gasteiger partial charge < -0.3 is 15.6 Å². The summed E-state index contributed by atoms with van der Waals surface area (Å²) in [5.74, 6) is 2.38. The van der Waals surface area contributed by atoms with E-state index in [2.05, 4.69) is 46.4 Å². The summed E-state index contributed by atoms with van der Waals surface area (Å²) < 4.78 is 0. The average Bonchev–Trinajstić information content (AvgIpc) is 2.82. The van der Waals surface area contributed by atoms with Crippen LogP contribution in [0.3, 0.4) is 0 Å². The Morgan fingerprint density at radius 1 is 1.29 bits per heavy atom. The molecule has 0 aliphatic heterocycles. The van der Waals surface area contributed by atoms with Crippen LogP contribution in [0, 0.1) is 6.92 Å². The molecule has 0 unspecified atom stereocenters. The van der Waals surface area contributed by atoms with Crippen LogP contribution in [-0.4, -0.2) is 22.0 Å². The molecule has 2 rings (SSSR count). The Hall–Kier alpha value is -1.89. The van der Waals surface area contributed by atoms with Crippen molar-refractivity contribution in [1.29, 1.82) is 0 Å². The van der Waals surface area contributed by atoms with Crippen molar-refractivity contribution >= 4 is 23.0 Å². The summed E-state index contributed by atoms with van der Waals surface area (Å²) in [5.41, 5.74) is 1.68. The van der Waals surface area contributed by atoms with Crippen molar-refractivity contribution in [3.63, 3.8) is 0 Å². The number of nitrogens with one attached hydrogen (secondary N) is 3. The molecule has 0 saturated heterocycles. The summed E-state index contributed by atoms with van der Waals surface area (Å²) in [6.07, 6.45) is 0. The Balaban J connectivity index is 2.30. The number of anilines is 2. The monoisotopic (exact) mass is 307 g/mol. The summed E-state index contributed by atoms with van der Waals surface area (Å²) >= 11 is 1.16. The molecule has 2 heterocycles. The van der Waals surface area contributed by atoms with Crippen molar-refractivity contribution in [3.8, 4) is 0 Å². The topological polar surface area (TPSA) is 82.7 Å². The molecule has 2 aromatic rings. The number of hydrogen-bond donors (Lipinski definition) is 3. The molecular weight excluding hydrogens is 286 g/mol. The summed E-state index contributed by atoms with van der Waals surface area (Å²) in [7, 11) is 1.85. The maximum absolute atomic E-state index is 11.2. The van der Waals surface area contributed by atoms with Gasteiger partial charge >= 0.3 is 4.87 Å². The van der Waals surface area contributed by atoms with Gasteiger partial charge in [-0.3, -0.25) is 4.79 Å². The van der Waals surface area contributed by atoms with E-state index in [1.807, 2.05) is 19.4 Å². The number of nitrogens with zero attached hydrogens (tertiary/aromatic N) is 2. The third kappa shape index (κ3) is 3.60. The molecule has 2 aromatic heterocycles. The Morgan fingerprint density at radius 2 is 1.95 bits per heavy atom. The van der Waals surface area contributed by atoms with E-state index < -0.39 is 0 Å². The fourth-order valence-corrected chi connectivity index (χ4v) is 2.43. The summed E-state index contributed by atoms with van der Waals surface area (Å²) in [4.78, 5) is 23.1. The zero-order valence-corrected chi connectivity index (χ0v) is 13.8. The SMILES string of the molecule is CNc1nc(C(C)(C)C)nc(NCc2csc(=O)[nH]2)c1C. The van der Waals surface area contributed by atoms with E-state index in [1.54, 1.807) is 0 Å². The van der Waals surface area contributed by atoms with Crippen LogP contribution in [0.4, 0.5) is 11.6 Å². The molecule has 0 fully saturated rings. The van der Waals surface area contributed by atoms with Crippen LogP contribution in [0.1, 0.15) is 37.9 Å². The van der Waals surface area contributed by atoms with Crippen molar-refractivity contribution in [2.75, 3.05) is 17.7 Å². The normalized spacial score (nSPS) is 11.5. The highest BCUT2D eigenvalue weighted by Gasteiger charge is 2.20. The van der Waals surface area contributed by atoms with Gasteiger partial charge in [-0.15, -0.1) is 0 Å². The van der Waals surface area contributed by atoms with Gasteiger partial charge in [0.15, 0.2) is 0 Å². The molecule has 0 saturated carbocycles. The minimum absolute atomic E-state index is 0.0440. The summed E-state index contributed by atoms with van der Waals surface area (Å²) in [6.45, 7) is 8.74. The van der Waals surface area contributed by atoms with E-state index in [-0.39, 0.29) is 10.3 Å². The number of aromatic nitrogens is 3. The van der Waals surface area contributed by atoms with Crippen LogP contribution in [0.25, 0.3) is 0 Å². The highest BCUT2D eigenvalue weighted by Crippen LogP contribution is 2.26. The molecule has 0 atom stereocenters. The summed E-state index contributed by atoms with van der Waals surface area (Å²) in [5, 5.41) is 8.19. The molecule has 0 amide bonds. The van der Waals surface area contributed by atoms with Crippen LogP contribution in [0.15, 0.2) is 10.2 Å². The second-order valence-corrected chi connectivity index (χ2v) is 6.74. The van der Waals surface area contributed by atoms with Gasteiger partial charge in [-0.2, -0.15) is 0 Å². The molecule has 0 radical (unpaired) electrons.